The predicted octanol–water partition coefficient (Wildman–Crippen LogP) is 5.54. The molecule has 0 heterocycles. The topological polar surface area (TPSA) is 29.5 Å². The molecule has 0 atom stereocenters. The van der Waals surface area contributed by atoms with Crippen LogP contribution in [0.1, 0.15) is 41.5 Å². The van der Waals surface area contributed by atoms with Gasteiger partial charge in [-0.2, -0.15) is 0 Å². The summed E-state index contributed by atoms with van der Waals surface area (Å²) in [5.41, 5.74) is 0. The van der Waals surface area contributed by atoms with E-state index in [1.807, 2.05) is 41.5 Å². The van der Waals surface area contributed by atoms with Crippen molar-refractivity contribution in [1.29, 1.82) is 0 Å². The van der Waals surface area contributed by atoms with E-state index < -0.39 is 0 Å². The molecule has 1 N–H and O–H groups in total. The molecule has 0 aliphatic heterocycles. The minimum absolute atomic E-state index is 0.122. The van der Waals surface area contributed by atoms with Crippen molar-refractivity contribution in [2.45, 2.75) is 41.5 Å². The monoisotopic (exact) mass is 294 g/mol. The zero-order valence-corrected chi connectivity index (χ0v) is 14.9. The average Bonchev–Trinajstić information content (AvgIpc) is 2.62. The Labute approximate surface area is 131 Å². The number of aliphatic hydroxyl groups is 1. The summed E-state index contributed by atoms with van der Waals surface area (Å²) in [7, 11) is 1.55. The number of rotatable bonds is 2. The number of hydrogen-bond acceptors (Lipinski definition) is 2. The quantitative estimate of drug-likeness (QED) is 0.787. The number of methoxy groups -OCH3 is 1. The van der Waals surface area contributed by atoms with Crippen molar-refractivity contribution in [2.75, 3.05) is 20.3 Å². The molecule has 0 saturated heterocycles. The first kappa shape index (κ1) is 24.6. The standard InChI is InChI=1S/C10H8.C3H8O2.3C2H6/c1-2-6-10-8-4-3-7-9(10)5-1;1-5-3-2-4;3*1-2/h1-8H;4H,2-3H2,1H3;3*1-2H3. The zero-order chi connectivity index (χ0) is 16.9. The third kappa shape index (κ3) is 14.8. The normalized spacial score (nSPS) is 7.62. The van der Waals surface area contributed by atoms with Crippen LogP contribution < -0.4 is 0 Å². The maximum absolute atomic E-state index is 7.94. The summed E-state index contributed by atoms with van der Waals surface area (Å²) in [4.78, 5) is 0. The second kappa shape index (κ2) is 23.7. The van der Waals surface area contributed by atoms with Gasteiger partial charge in [-0.3, -0.25) is 0 Å². The smallest absolute Gasteiger partial charge is 0.0693 e. The van der Waals surface area contributed by atoms with E-state index in [9.17, 15) is 0 Å². The van der Waals surface area contributed by atoms with E-state index >= 15 is 0 Å². The van der Waals surface area contributed by atoms with Gasteiger partial charge in [0.1, 0.15) is 0 Å². The van der Waals surface area contributed by atoms with Gasteiger partial charge in [-0.05, 0) is 10.8 Å². The minimum Gasteiger partial charge on any atom is -0.394 e. The molecule has 0 spiro atoms. The molecule has 0 radical (unpaired) electrons. The summed E-state index contributed by atoms with van der Waals surface area (Å²) in [5, 5.41) is 10.6. The second-order valence-corrected chi connectivity index (χ2v) is 3.06. The summed E-state index contributed by atoms with van der Waals surface area (Å²) in [6, 6.07) is 16.7. The van der Waals surface area contributed by atoms with Gasteiger partial charge in [0.2, 0.25) is 0 Å². The van der Waals surface area contributed by atoms with Crippen LogP contribution in [0, 0.1) is 0 Å². The molecule has 0 aromatic heterocycles. The van der Waals surface area contributed by atoms with Gasteiger partial charge in [0.15, 0.2) is 0 Å². The number of benzene rings is 2. The molecular weight excluding hydrogens is 260 g/mol. The van der Waals surface area contributed by atoms with Crippen LogP contribution in [0.3, 0.4) is 0 Å². The van der Waals surface area contributed by atoms with Crippen LogP contribution in [0.15, 0.2) is 48.5 Å². The van der Waals surface area contributed by atoms with E-state index in [-0.39, 0.29) is 6.61 Å². The molecule has 0 aliphatic rings. The van der Waals surface area contributed by atoms with E-state index in [0.717, 1.165) is 0 Å². The summed E-state index contributed by atoms with van der Waals surface area (Å²) >= 11 is 0. The van der Waals surface area contributed by atoms with Crippen molar-refractivity contribution < 1.29 is 9.84 Å². The molecule has 2 rings (SSSR count). The molecule has 0 bridgehead atoms. The van der Waals surface area contributed by atoms with Crippen molar-refractivity contribution >= 4 is 10.8 Å². The minimum atomic E-state index is 0.122. The summed E-state index contributed by atoms with van der Waals surface area (Å²) < 4.78 is 4.44. The van der Waals surface area contributed by atoms with Crippen LogP contribution in [-0.2, 0) is 4.74 Å². The fourth-order valence-corrected chi connectivity index (χ4v) is 1.22. The van der Waals surface area contributed by atoms with E-state index in [4.69, 9.17) is 5.11 Å². The van der Waals surface area contributed by atoms with Gasteiger partial charge >= 0.3 is 0 Å². The van der Waals surface area contributed by atoms with Gasteiger partial charge in [-0.25, -0.2) is 0 Å². The van der Waals surface area contributed by atoms with Crippen LogP contribution in [0.2, 0.25) is 0 Å². The lowest BCUT2D eigenvalue weighted by Crippen LogP contribution is -1.91. The number of fused-ring (bicyclic) bond motifs is 1. The van der Waals surface area contributed by atoms with Crippen molar-refractivity contribution in [2.24, 2.45) is 0 Å². The third-order valence-electron chi connectivity index (χ3n) is 1.95. The van der Waals surface area contributed by atoms with Crippen molar-refractivity contribution in [3.63, 3.8) is 0 Å². The lowest BCUT2D eigenvalue weighted by atomic mass is 10.1. The van der Waals surface area contributed by atoms with Crippen LogP contribution >= 0.6 is 0 Å². The maximum Gasteiger partial charge on any atom is 0.0693 e. The van der Waals surface area contributed by atoms with Crippen LogP contribution in [0.4, 0.5) is 0 Å². The Hall–Kier alpha value is -1.38. The third-order valence-corrected chi connectivity index (χ3v) is 1.95. The highest BCUT2D eigenvalue weighted by molar-refractivity contribution is 5.81. The van der Waals surface area contributed by atoms with E-state index in [1.165, 1.54) is 10.8 Å². The van der Waals surface area contributed by atoms with E-state index in [1.54, 1.807) is 7.11 Å². The first-order valence-corrected chi connectivity index (χ1v) is 7.92. The zero-order valence-electron chi connectivity index (χ0n) is 14.9. The summed E-state index contributed by atoms with van der Waals surface area (Å²) in [6.45, 7) is 12.6. The molecule has 122 valence electrons. The lowest BCUT2D eigenvalue weighted by molar-refractivity contribution is 0.135. The van der Waals surface area contributed by atoms with Gasteiger partial charge in [0.25, 0.3) is 0 Å². The highest BCUT2D eigenvalue weighted by atomic mass is 16.5. The molecule has 21 heavy (non-hydrogen) atoms. The van der Waals surface area contributed by atoms with Crippen molar-refractivity contribution in [1.82, 2.24) is 0 Å². The fourth-order valence-electron chi connectivity index (χ4n) is 1.22. The Morgan fingerprint density at radius 3 is 1.14 bits per heavy atom. The van der Waals surface area contributed by atoms with E-state index in [0.29, 0.717) is 6.61 Å². The fraction of sp³-hybridized carbons (Fsp3) is 0.474. The van der Waals surface area contributed by atoms with Crippen LogP contribution in [-0.4, -0.2) is 25.4 Å². The molecule has 0 saturated carbocycles. The van der Waals surface area contributed by atoms with Crippen LogP contribution in [0.5, 0.6) is 0 Å². The molecule has 0 amide bonds. The van der Waals surface area contributed by atoms with Crippen molar-refractivity contribution in [3.05, 3.63) is 48.5 Å². The second-order valence-electron chi connectivity index (χ2n) is 3.06. The first-order valence-electron chi connectivity index (χ1n) is 7.92. The largest absolute Gasteiger partial charge is 0.394 e. The molecular formula is C19H34O2. The number of aliphatic hydroxyl groups excluding tert-OH is 1. The first-order chi connectivity index (χ1) is 10.4. The SMILES string of the molecule is CC.CC.CC.COCCO.c1ccc2ccccc2c1. The number of hydrogen-bond donors (Lipinski definition) is 1. The van der Waals surface area contributed by atoms with Gasteiger partial charge in [0.05, 0.1) is 13.2 Å². The summed E-state index contributed by atoms with van der Waals surface area (Å²) in [5.74, 6) is 0. The Bertz CT molecular complexity index is 318. The van der Waals surface area contributed by atoms with Gasteiger partial charge in [-0.15, -0.1) is 0 Å². The molecule has 2 aromatic carbocycles. The predicted molar refractivity (Wildman–Crippen MR) is 97.0 cm³/mol. The lowest BCUT2D eigenvalue weighted by Gasteiger charge is -1.92. The maximum atomic E-state index is 7.94. The number of ether oxygens (including phenoxy) is 1. The molecule has 0 fully saturated rings. The van der Waals surface area contributed by atoms with Crippen molar-refractivity contribution in [3.8, 4) is 0 Å². The molecule has 2 nitrogen and oxygen atoms in total. The Morgan fingerprint density at radius 1 is 0.714 bits per heavy atom. The Kier molecular flexibility index (Phi) is 27.8. The van der Waals surface area contributed by atoms with Gasteiger partial charge in [-0.1, -0.05) is 90.1 Å². The van der Waals surface area contributed by atoms with Crippen LogP contribution in [0.25, 0.3) is 10.8 Å². The molecule has 2 heteroatoms. The van der Waals surface area contributed by atoms with Gasteiger partial charge in [0, 0.05) is 7.11 Å². The van der Waals surface area contributed by atoms with E-state index in [2.05, 4.69) is 53.3 Å². The van der Waals surface area contributed by atoms with Gasteiger partial charge < -0.3 is 9.84 Å². The highest BCUT2D eigenvalue weighted by Crippen LogP contribution is 2.11. The Balaban J connectivity index is -0.000000253. The Morgan fingerprint density at radius 2 is 1.00 bits per heavy atom. The molecule has 0 unspecified atom stereocenters. The summed E-state index contributed by atoms with van der Waals surface area (Å²) in [6.07, 6.45) is 0. The average molecular weight is 294 g/mol. The molecule has 2 aromatic rings. The highest BCUT2D eigenvalue weighted by Gasteiger charge is 1.85. The molecule has 0 aliphatic carbocycles.